The number of esters is 1. The first-order chi connectivity index (χ1) is 9.72. The van der Waals surface area contributed by atoms with Crippen LogP contribution in [0.2, 0.25) is 0 Å². The molecular weight excluding hydrogens is 292 g/mol. The predicted octanol–water partition coefficient (Wildman–Crippen LogP) is 2.31. The van der Waals surface area contributed by atoms with Gasteiger partial charge >= 0.3 is 5.97 Å². The van der Waals surface area contributed by atoms with Gasteiger partial charge in [-0.1, -0.05) is 0 Å². The van der Waals surface area contributed by atoms with E-state index in [2.05, 4.69) is 15.0 Å². The SMILES string of the molecule is CNCCC1CCN(Cc2ccc(C(=O)OC)o2)CC1.Cl. The second kappa shape index (κ2) is 9.07. The van der Waals surface area contributed by atoms with Crippen molar-refractivity contribution in [3.63, 3.8) is 0 Å². The highest BCUT2D eigenvalue weighted by Crippen LogP contribution is 2.22. The zero-order valence-electron chi connectivity index (χ0n) is 12.8. The number of methoxy groups -OCH3 is 1. The summed E-state index contributed by atoms with van der Waals surface area (Å²) >= 11 is 0. The Labute approximate surface area is 132 Å². The van der Waals surface area contributed by atoms with Crippen LogP contribution in [0.5, 0.6) is 0 Å². The van der Waals surface area contributed by atoms with Gasteiger partial charge < -0.3 is 14.5 Å². The van der Waals surface area contributed by atoms with Crippen molar-refractivity contribution >= 4 is 18.4 Å². The minimum Gasteiger partial charge on any atom is -0.463 e. The average molecular weight is 317 g/mol. The molecule has 6 heteroatoms. The molecule has 0 saturated carbocycles. The van der Waals surface area contributed by atoms with E-state index in [0.29, 0.717) is 0 Å². The molecule has 0 aromatic carbocycles. The van der Waals surface area contributed by atoms with Gasteiger partial charge in [-0.05, 0) is 64.0 Å². The van der Waals surface area contributed by atoms with Crippen LogP contribution in [0.4, 0.5) is 0 Å². The predicted molar refractivity (Wildman–Crippen MR) is 83.8 cm³/mol. The third kappa shape index (κ3) is 5.34. The highest BCUT2D eigenvalue weighted by atomic mass is 35.5. The lowest BCUT2D eigenvalue weighted by atomic mass is 9.93. The number of hydrogen-bond donors (Lipinski definition) is 1. The molecule has 1 aromatic heterocycles. The number of carbonyl (C=O) groups is 1. The molecule has 1 fully saturated rings. The van der Waals surface area contributed by atoms with Crippen molar-refractivity contribution in [2.24, 2.45) is 5.92 Å². The van der Waals surface area contributed by atoms with Crippen LogP contribution >= 0.6 is 12.4 Å². The van der Waals surface area contributed by atoms with E-state index in [0.717, 1.165) is 37.9 Å². The van der Waals surface area contributed by atoms with Gasteiger partial charge in [0.1, 0.15) is 5.76 Å². The Morgan fingerprint density at radius 3 is 2.76 bits per heavy atom. The molecule has 0 bridgehead atoms. The summed E-state index contributed by atoms with van der Waals surface area (Å²) in [7, 11) is 3.37. The van der Waals surface area contributed by atoms with E-state index in [1.807, 2.05) is 13.1 Å². The molecular formula is C15H25ClN2O3. The summed E-state index contributed by atoms with van der Waals surface area (Å²) in [5.74, 6) is 1.54. The van der Waals surface area contributed by atoms with Crippen LogP contribution in [-0.4, -0.2) is 44.7 Å². The Morgan fingerprint density at radius 1 is 1.43 bits per heavy atom. The van der Waals surface area contributed by atoms with Gasteiger partial charge in [0.25, 0.3) is 0 Å². The molecule has 2 rings (SSSR count). The molecule has 5 nitrogen and oxygen atoms in total. The van der Waals surface area contributed by atoms with Gasteiger partial charge in [-0.3, -0.25) is 4.90 Å². The van der Waals surface area contributed by atoms with Crippen LogP contribution in [0.25, 0.3) is 0 Å². The Kier molecular flexibility index (Phi) is 7.78. The van der Waals surface area contributed by atoms with Crippen LogP contribution < -0.4 is 5.32 Å². The summed E-state index contributed by atoms with van der Waals surface area (Å²) in [4.78, 5) is 13.7. The molecule has 0 atom stereocenters. The number of furan rings is 1. The second-order valence-electron chi connectivity index (χ2n) is 5.37. The van der Waals surface area contributed by atoms with Gasteiger partial charge in [-0.15, -0.1) is 12.4 Å². The number of hydrogen-bond acceptors (Lipinski definition) is 5. The third-order valence-electron chi connectivity index (χ3n) is 3.94. The summed E-state index contributed by atoms with van der Waals surface area (Å²) in [5.41, 5.74) is 0. The van der Waals surface area contributed by atoms with Crippen molar-refractivity contribution in [3.05, 3.63) is 23.7 Å². The lowest BCUT2D eigenvalue weighted by molar-refractivity contribution is 0.0560. The summed E-state index contributed by atoms with van der Waals surface area (Å²) in [6.45, 7) is 4.08. The lowest BCUT2D eigenvalue weighted by Gasteiger charge is -2.31. The highest BCUT2D eigenvalue weighted by molar-refractivity contribution is 5.86. The minimum atomic E-state index is -0.415. The number of likely N-dealkylation sites (tertiary alicyclic amines) is 1. The summed E-state index contributed by atoms with van der Waals surface area (Å²) in [6, 6.07) is 3.54. The van der Waals surface area contributed by atoms with E-state index in [4.69, 9.17) is 4.42 Å². The fourth-order valence-electron chi connectivity index (χ4n) is 2.68. The number of ether oxygens (including phenoxy) is 1. The molecule has 0 amide bonds. The normalized spacial score (nSPS) is 16.5. The Bertz CT molecular complexity index is 428. The maximum absolute atomic E-state index is 11.3. The number of nitrogens with one attached hydrogen (secondary N) is 1. The van der Waals surface area contributed by atoms with Crippen molar-refractivity contribution in [3.8, 4) is 0 Å². The highest BCUT2D eigenvalue weighted by Gasteiger charge is 2.20. The largest absolute Gasteiger partial charge is 0.463 e. The maximum atomic E-state index is 11.3. The molecule has 1 N–H and O–H groups in total. The van der Waals surface area contributed by atoms with Gasteiger partial charge in [0.05, 0.1) is 13.7 Å². The van der Waals surface area contributed by atoms with Gasteiger partial charge in [0.15, 0.2) is 0 Å². The van der Waals surface area contributed by atoms with Crippen molar-refractivity contribution in [1.29, 1.82) is 0 Å². The zero-order valence-corrected chi connectivity index (χ0v) is 13.6. The van der Waals surface area contributed by atoms with Crippen LogP contribution in [0, 0.1) is 5.92 Å². The summed E-state index contributed by atoms with van der Waals surface area (Å²) < 4.78 is 10.1. The fourth-order valence-corrected chi connectivity index (χ4v) is 2.68. The Balaban J connectivity index is 0.00000220. The monoisotopic (exact) mass is 316 g/mol. The van der Waals surface area contributed by atoms with Crippen LogP contribution in [0.1, 0.15) is 35.6 Å². The molecule has 1 saturated heterocycles. The average Bonchev–Trinajstić information content (AvgIpc) is 2.94. The minimum absolute atomic E-state index is 0. The molecule has 0 unspecified atom stereocenters. The zero-order chi connectivity index (χ0) is 14.4. The molecule has 120 valence electrons. The van der Waals surface area contributed by atoms with Crippen LogP contribution in [0.15, 0.2) is 16.5 Å². The number of rotatable bonds is 6. The first kappa shape index (κ1) is 18.0. The first-order valence-electron chi connectivity index (χ1n) is 7.27. The lowest BCUT2D eigenvalue weighted by Crippen LogP contribution is -2.33. The first-order valence-corrected chi connectivity index (χ1v) is 7.27. The molecule has 21 heavy (non-hydrogen) atoms. The van der Waals surface area contributed by atoms with Gasteiger partial charge in [-0.2, -0.15) is 0 Å². The second-order valence-corrected chi connectivity index (χ2v) is 5.37. The van der Waals surface area contributed by atoms with E-state index < -0.39 is 5.97 Å². The number of nitrogens with zero attached hydrogens (tertiary/aromatic N) is 1. The van der Waals surface area contributed by atoms with Crippen molar-refractivity contribution in [2.75, 3.05) is 33.8 Å². The summed E-state index contributed by atoms with van der Waals surface area (Å²) in [5, 5.41) is 3.21. The van der Waals surface area contributed by atoms with E-state index in [1.165, 1.54) is 26.4 Å². The van der Waals surface area contributed by atoms with Gasteiger partial charge in [0, 0.05) is 0 Å². The number of carbonyl (C=O) groups excluding carboxylic acids is 1. The van der Waals surface area contributed by atoms with E-state index in [1.54, 1.807) is 6.07 Å². The molecule has 2 heterocycles. The van der Waals surface area contributed by atoms with Crippen molar-refractivity contribution < 1.29 is 13.9 Å². The molecule has 0 radical (unpaired) electrons. The third-order valence-corrected chi connectivity index (χ3v) is 3.94. The standard InChI is InChI=1S/C15H24N2O3.ClH/c1-16-8-5-12-6-9-17(10-7-12)11-13-3-4-14(20-13)15(18)19-2;/h3-4,12,16H,5-11H2,1-2H3;1H. The molecule has 0 aliphatic carbocycles. The van der Waals surface area contributed by atoms with Crippen molar-refractivity contribution in [1.82, 2.24) is 10.2 Å². The van der Waals surface area contributed by atoms with Gasteiger partial charge in [0.2, 0.25) is 5.76 Å². The molecule has 1 aromatic rings. The van der Waals surface area contributed by atoms with Crippen molar-refractivity contribution in [2.45, 2.75) is 25.8 Å². The van der Waals surface area contributed by atoms with E-state index >= 15 is 0 Å². The molecule has 0 spiro atoms. The van der Waals surface area contributed by atoms with E-state index in [9.17, 15) is 4.79 Å². The Morgan fingerprint density at radius 2 is 2.14 bits per heavy atom. The number of piperidine rings is 1. The van der Waals surface area contributed by atoms with Gasteiger partial charge in [-0.25, -0.2) is 4.79 Å². The van der Waals surface area contributed by atoms with Crippen LogP contribution in [-0.2, 0) is 11.3 Å². The quantitative estimate of drug-likeness (QED) is 0.816. The smallest absolute Gasteiger partial charge is 0.373 e. The summed E-state index contributed by atoms with van der Waals surface area (Å²) in [6.07, 6.45) is 3.75. The van der Waals surface area contributed by atoms with Crippen LogP contribution in [0.3, 0.4) is 0 Å². The Hall–Kier alpha value is -1.04. The topological polar surface area (TPSA) is 54.7 Å². The maximum Gasteiger partial charge on any atom is 0.373 e. The fraction of sp³-hybridized carbons (Fsp3) is 0.667. The molecule has 1 aliphatic heterocycles. The molecule has 1 aliphatic rings. The number of halogens is 1. The van der Waals surface area contributed by atoms with E-state index in [-0.39, 0.29) is 18.2 Å².